The van der Waals surface area contributed by atoms with Crippen molar-refractivity contribution in [1.82, 2.24) is 14.8 Å². The van der Waals surface area contributed by atoms with Crippen LogP contribution in [0.4, 0.5) is 32.0 Å². The van der Waals surface area contributed by atoms with Crippen molar-refractivity contribution in [3.8, 4) is 5.69 Å². The summed E-state index contributed by atoms with van der Waals surface area (Å²) in [7, 11) is 0. The third-order valence-electron chi connectivity index (χ3n) is 3.70. The number of hydrogen-bond donors (Lipinski definition) is 1. The maximum Gasteiger partial charge on any atom is 0.416 e. The van der Waals surface area contributed by atoms with Crippen LogP contribution in [0.2, 0.25) is 0 Å². The van der Waals surface area contributed by atoms with Crippen LogP contribution in [0.5, 0.6) is 0 Å². The number of carbonyl (C=O) groups excluding carboxylic acids is 1. The fourth-order valence-corrected chi connectivity index (χ4v) is 2.97. The van der Waals surface area contributed by atoms with E-state index in [1.807, 2.05) is 6.07 Å². The average Bonchev–Trinajstić information content (AvgIpc) is 3.14. The van der Waals surface area contributed by atoms with Crippen molar-refractivity contribution in [2.24, 2.45) is 0 Å². The Bertz CT molecular complexity index is 1000. The molecule has 0 aliphatic heterocycles. The Kier molecular flexibility index (Phi) is 6.06. The van der Waals surface area contributed by atoms with Gasteiger partial charge in [0.25, 0.3) is 0 Å². The van der Waals surface area contributed by atoms with Gasteiger partial charge in [-0.2, -0.15) is 26.3 Å². The number of anilines is 1. The van der Waals surface area contributed by atoms with Crippen LogP contribution in [0.25, 0.3) is 5.69 Å². The molecule has 2 aromatic carbocycles. The zero-order valence-electron chi connectivity index (χ0n) is 14.8. The SMILES string of the molecule is O=C(CSc1ncn(-c2ccccc2)n1)Nc1cc(C(F)(F)F)cc(C(F)(F)F)c1. The number of nitrogens with zero attached hydrogens (tertiary/aromatic N) is 3. The lowest BCUT2D eigenvalue weighted by molar-refractivity contribution is -0.143. The van der Waals surface area contributed by atoms with Crippen molar-refractivity contribution in [3.63, 3.8) is 0 Å². The number of alkyl halides is 6. The van der Waals surface area contributed by atoms with Crippen molar-refractivity contribution in [2.45, 2.75) is 17.5 Å². The highest BCUT2D eigenvalue weighted by Crippen LogP contribution is 2.37. The summed E-state index contributed by atoms with van der Waals surface area (Å²) in [6, 6.07) is 9.84. The first-order valence-corrected chi connectivity index (χ1v) is 9.20. The first kappa shape index (κ1) is 21.7. The highest BCUT2D eigenvalue weighted by atomic mass is 32.2. The van der Waals surface area contributed by atoms with E-state index in [2.05, 4.69) is 15.4 Å². The smallest absolute Gasteiger partial charge is 0.325 e. The molecule has 0 saturated heterocycles. The molecule has 1 amide bonds. The molecule has 30 heavy (non-hydrogen) atoms. The Labute approximate surface area is 170 Å². The Balaban J connectivity index is 1.68. The largest absolute Gasteiger partial charge is 0.416 e. The second-order valence-corrected chi connectivity index (χ2v) is 6.88. The number of amides is 1. The quantitative estimate of drug-likeness (QED) is 0.441. The lowest BCUT2D eigenvalue weighted by Gasteiger charge is -2.14. The van der Waals surface area contributed by atoms with E-state index in [1.165, 1.54) is 11.0 Å². The molecule has 0 fully saturated rings. The third-order valence-corrected chi connectivity index (χ3v) is 4.55. The number of carbonyl (C=O) groups is 1. The second-order valence-electron chi connectivity index (χ2n) is 5.94. The molecule has 0 spiro atoms. The first-order chi connectivity index (χ1) is 14.0. The first-order valence-electron chi connectivity index (χ1n) is 8.21. The minimum atomic E-state index is -5.00. The third kappa shape index (κ3) is 5.53. The molecule has 12 heteroatoms. The predicted molar refractivity (Wildman–Crippen MR) is 97.2 cm³/mol. The number of aromatic nitrogens is 3. The molecule has 0 radical (unpaired) electrons. The fourth-order valence-electron chi connectivity index (χ4n) is 2.37. The zero-order valence-corrected chi connectivity index (χ0v) is 15.6. The summed E-state index contributed by atoms with van der Waals surface area (Å²) >= 11 is 0.883. The van der Waals surface area contributed by atoms with Crippen molar-refractivity contribution in [1.29, 1.82) is 0 Å². The number of hydrogen-bond acceptors (Lipinski definition) is 4. The highest BCUT2D eigenvalue weighted by molar-refractivity contribution is 7.99. The fraction of sp³-hybridized carbons (Fsp3) is 0.167. The van der Waals surface area contributed by atoms with Crippen LogP contribution >= 0.6 is 11.8 Å². The van der Waals surface area contributed by atoms with E-state index in [0.29, 0.717) is 12.1 Å². The van der Waals surface area contributed by atoms with Crippen LogP contribution in [0.15, 0.2) is 60.0 Å². The minimum absolute atomic E-state index is 0.00938. The van der Waals surface area contributed by atoms with Gasteiger partial charge in [-0.25, -0.2) is 9.67 Å². The van der Waals surface area contributed by atoms with Gasteiger partial charge in [-0.3, -0.25) is 4.79 Å². The minimum Gasteiger partial charge on any atom is -0.325 e. The van der Waals surface area contributed by atoms with Crippen molar-refractivity contribution in [2.75, 3.05) is 11.1 Å². The summed E-state index contributed by atoms with van der Waals surface area (Å²) in [5.74, 6) is -1.11. The van der Waals surface area contributed by atoms with E-state index in [9.17, 15) is 31.1 Å². The van der Waals surface area contributed by atoms with E-state index in [1.54, 1.807) is 24.3 Å². The average molecular weight is 446 g/mol. The van der Waals surface area contributed by atoms with Gasteiger partial charge in [-0.05, 0) is 30.3 Å². The zero-order chi connectivity index (χ0) is 21.9. The summed E-state index contributed by atoms with van der Waals surface area (Å²) in [5, 5.41) is 6.41. The van der Waals surface area contributed by atoms with Gasteiger partial charge in [0.05, 0.1) is 22.6 Å². The summed E-state index contributed by atoms with van der Waals surface area (Å²) < 4.78 is 78.8. The number of benzene rings is 2. The maximum absolute atomic E-state index is 12.9. The van der Waals surface area contributed by atoms with E-state index in [-0.39, 0.29) is 17.0 Å². The van der Waals surface area contributed by atoms with E-state index >= 15 is 0 Å². The van der Waals surface area contributed by atoms with Gasteiger partial charge >= 0.3 is 12.4 Å². The van der Waals surface area contributed by atoms with Crippen LogP contribution in [-0.2, 0) is 17.1 Å². The van der Waals surface area contributed by atoms with Gasteiger partial charge in [0, 0.05) is 5.69 Å². The summed E-state index contributed by atoms with van der Waals surface area (Å²) in [6.07, 6.45) is -8.58. The Morgan fingerprint density at radius 1 is 0.967 bits per heavy atom. The maximum atomic E-state index is 12.9. The Morgan fingerprint density at radius 3 is 2.13 bits per heavy atom. The van der Waals surface area contributed by atoms with Gasteiger partial charge in [-0.1, -0.05) is 30.0 Å². The molecule has 0 aliphatic carbocycles. The van der Waals surface area contributed by atoms with Crippen LogP contribution in [0.1, 0.15) is 11.1 Å². The lowest BCUT2D eigenvalue weighted by atomic mass is 10.1. The van der Waals surface area contributed by atoms with Gasteiger partial charge < -0.3 is 5.32 Å². The molecule has 1 aromatic heterocycles. The van der Waals surface area contributed by atoms with Crippen LogP contribution in [0.3, 0.4) is 0 Å². The summed E-state index contributed by atoms with van der Waals surface area (Å²) in [4.78, 5) is 16.0. The van der Waals surface area contributed by atoms with Gasteiger partial charge in [0.1, 0.15) is 6.33 Å². The van der Waals surface area contributed by atoms with Gasteiger partial charge in [-0.15, -0.1) is 5.10 Å². The molecule has 0 saturated carbocycles. The molecule has 3 rings (SSSR count). The molecule has 1 heterocycles. The van der Waals surface area contributed by atoms with Crippen LogP contribution in [0, 0.1) is 0 Å². The van der Waals surface area contributed by atoms with Crippen molar-refractivity contribution >= 4 is 23.4 Å². The topological polar surface area (TPSA) is 59.8 Å². The molecule has 0 unspecified atom stereocenters. The Hall–Kier alpha value is -3.02. The molecule has 3 aromatic rings. The standard InChI is InChI=1S/C18H12F6N4OS/c19-17(20,21)11-6-12(18(22,23)24)8-13(7-11)26-15(29)9-30-16-25-10-28(27-16)14-4-2-1-3-5-14/h1-8,10H,9H2,(H,26,29). The van der Waals surface area contributed by atoms with Gasteiger partial charge in [0.15, 0.2) is 0 Å². The Morgan fingerprint density at radius 2 is 1.57 bits per heavy atom. The molecule has 158 valence electrons. The number of para-hydroxylation sites is 1. The van der Waals surface area contributed by atoms with Crippen molar-refractivity contribution in [3.05, 3.63) is 66.0 Å². The molecular weight excluding hydrogens is 434 g/mol. The highest BCUT2D eigenvalue weighted by Gasteiger charge is 2.37. The molecular formula is C18H12F6N4OS. The van der Waals surface area contributed by atoms with Gasteiger partial charge in [0.2, 0.25) is 11.1 Å². The molecule has 0 bridgehead atoms. The van der Waals surface area contributed by atoms with Crippen LogP contribution < -0.4 is 5.32 Å². The summed E-state index contributed by atoms with van der Waals surface area (Å²) in [6.45, 7) is 0. The second kappa shape index (κ2) is 8.38. The predicted octanol–water partition coefficient (Wildman–Crippen LogP) is 5.04. The van der Waals surface area contributed by atoms with E-state index in [0.717, 1.165) is 17.4 Å². The van der Waals surface area contributed by atoms with Crippen molar-refractivity contribution < 1.29 is 31.1 Å². The lowest BCUT2D eigenvalue weighted by Crippen LogP contribution is -2.17. The number of nitrogens with one attached hydrogen (secondary N) is 1. The van der Waals surface area contributed by atoms with E-state index < -0.39 is 35.1 Å². The monoisotopic (exact) mass is 446 g/mol. The van der Waals surface area contributed by atoms with E-state index in [4.69, 9.17) is 0 Å². The molecule has 5 nitrogen and oxygen atoms in total. The molecule has 1 N–H and O–H groups in total. The molecule has 0 aliphatic rings. The number of rotatable bonds is 5. The number of thioether (sulfide) groups is 1. The number of halogens is 6. The normalized spacial score (nSPS) is 12.1. The van der Waals surface area contributed by atoms with Crippen LogP contribution in [-0.4, -0.2) is 26.4 Å². The summed E-state index contributed by atoms with van der Waals surface area (Å²) in [5.41, 5.74) is -2.90. The molecule has 0 atom stereocenters.